The van der Waals surface area contributed by atoms with Crippen molar-refractivity contribution in [2.24, 2.45) is 13.0 Å². The van der Waals surface area contributed by atoms with E-state index in [0.29, 0.717) is 17.6 Å². The normalized spacial score (nSPS) is 15.6. The highest BCUT2D eigenvalue weighted by molar-refractivity contribution is 7.90. The van der Waals surface area contributed by atoms with Crippen LogP contribution < -0.4 is 4.90 Å². The molecule has 0 radical (unpaired) electrons. The van der Waals surface area contributed by atoms with Gasteiger partial charge in [-0.2, -0.15) is 0 Å². The Labute approximate surface area is 207 Å². The van der Waals surface area contributed by atoms with E-state index in [1.807, 2.05) is 19.3 Å². The first-order chi connectivity index (χ1) is 16.7. The molecule has 4 aromatic rings. The first-order valence-corrected chi connectivity index (χ1v) is 14.6. The molecule has 0 aromatic carbocycles. The molecule has 1 aliphatic rings. The minimum atomic E-state index is -2.87. The topological polar surface area (TPSA) is 83.9 Å². The number of hydrogen-bond donors (Lipinski definition) is 1. The summed E-state index contributed by atoms with van der Waals surface area (Å²) < 4.78 is 24.9. The van der Waals surface area contributed by atoms with E-state index in [1.165, 1.54) is 11.8 Å². The molecule has 0 aliphatic carbocycles. The van der Waals surface area contributed by atoms with Gasteiger partial charge in [-0.3, -0.25) is 0 Å². The first kappa shape index (κ1) is 23.9. The fourth-order valence-corrected chi connectivity index (χ4v) is 6.21. The van der Waals surface area contributed by atoms with Gasteiger partial charge in [0, 0.05) is 61.1 Å². The lowest BCUT2D eigenvalue weighted by molar-refractivity contribution is 0.377. The predicted octanol–water partition coefficient (Wildman–Crippen LogP) is 5.28. The highest BCUT2D eigenvalue weighted by Crippen LogP contribution is 2.39. The Balaban J connectivity index is 1.41. The number of aromatic nitrogens is 4. The van der Waals surface area contributed by atoms with Crippen LogP contribution in [0.25, 0.3) is 33.3 Å². The van der Waals surface area contributed by atoms with Gasteiger partial charge in [-0.1, -0.05) is 13.8 Å². The minimum absolute atomic E-state index is 0.298. The van der Waals surface area contributed by atoms with Crippen LogP contribution in [0.5, 0.6) is 0 Å². The molecule has 0 bridgehead atoms. The maximum atomic E-state index is 11.4. The molecular formula is C27H35N5O2S. The summed E-state index contributed by atoms with van der Waals surface area (Å²) in [7, 11) is -0.829. The van der Waals surface area contributed by atoms with Gasteiger partial charge in [0.05, 0.1) is 16.7 Å². The SMILES string of the molecule is CC(C)c1c(-c2cn(C)c3ncccc23)[nH]c2ccc(N3CCC(CCCS(C)(=O)=O)CC3)nc12. The number of aromatic amines is 1. The second kappa shape index (κ2) is 9.30. The number of piperidine rings is 1. The van der Waals surface area contributed by atoms with Crippen LogP contribution in [0.4, 0.5) is 5.82 Å². The number of H-pyrrole nitrogens is 1. The number of fused-ring (bicyclic) bond motifs is 2. The fourth-order valence-electron chi connectivity index (χ4n) is 5.52. The summed E-state index contributed by atoms with van der Waals surface area (Å²) >= 11 is 0. The van der Waals surface area contributed by atoms with Crippen molar-refractivity contribution in [2.75, 3.05) is 30.0 Å². The van der Waals surface area contributed by atoms with Crippen molar-refractivity contribution in [3.05, 3.63) is 42.2 Å². The molecule has 0 unspecified atom stereocenters. The molecule has 0 spiro atoms. The molecule has 35 heavy (non-hydrogen) atoms. The third-order valence-electron chi connectivity index (χ3n) is 7.31. The summed E-state index contributed by atoms with van der Waals surface area (Å²) in [5.74, 6) is 2.24. The van der Waals surface area contributed by atoms with Gasteiger partial charge in [0.2, 0.25) is 0 Å². The number of sulfone groups is 1. The van der Waals surface area contributed by atoms with Gasteiger partial charge < -0.3 is 14.5 Å². The quantitative estimate of drug-likeness (QED) is 0.379. The van der Waals surface area contributed by atoms with Crippen molar-refractivity contribution in [3.8, 4) is 11.3 Å². The van der Waals surface area contributed by atoms with Crippen molar-refractivity contribution < 1.29 is 8.42 Å². The molecule has 4 aromatic heterocycles. The lowest BCUT2D eigenvalue weighted by Crippen LogP contribution is -2.34. The largest absolute Gasteiger partial charge is 0.357 e. The molecule has 0 saturated carbocycles. The molecule has 0 atom stereocenters. The van der Waals surface area contributed by atoms with E-state index in [0.717, 1.165) is 77.9 Å². The van der Waals surface area contributed by atoms with Gasteiger partial charge in [0.15, 0.2) is 0 Å². The maximum Gasteiger partial charge on any atom is 0.147 e. The van der Waals surface area contributed by atoms with Crippen LogP contribution in [0.1, 0.15) is 51.0 Å². The van der Waals surface area contributed by atoms with E-state index < -0.39 is 9.84 Å². The molecule has 8 heteroatoms. The maximum absolute atomic E-state index is 11.4. The highest BCUT2D eigenvalue weighted by Gasteiger charge is 2.24. The van der Waals surface area contributed by atoms with Crippen molar-refractivity contribution in [1.29, 1.82) is 0 Å². The smallest absolute Gasteiger partial charge is 0.147 e. The van der Waals surface area contributed by atoms with Crippen LogP contribution >= 0.6 is 0 Å². The lowest BCUT2D eigenvalue weighted by atomic mass is 9.92. The predicted molar refractivity (Wildman–Crippen MR) is 144 cm³/mol. The Morgan fingerprint density at radius 3 is 2.66 bits per heavy atom. The van der Waals surface area contributed by atoms with Crippen LogP contribution in [-0.2, 0) is 16.9 Å². The van der Waals surface area contributed by atoms with Gasteiger partial charge in [-0.25, -0.2) is 18.4 Å². The summed E-state index contributed by atoms with van der Waals surface area (Å²) in [5.41, 5.74) is 6.61. The summed E-state index contributed by atoms with van der Waals surface area (Å²) in [6.07, 6.45) is 9.25. The average molecular weight is 494 g/mol. The summed E-state index contributed by atoms with van der Waals surface area (Å²) in [4.78, 5) is 15.8. The van der Waals surface area contributed by atoms with Crippen molar-refractivity contribution in [2.45, 2.75) is 45.4 Å². The molecule has 5 rings (SSSR count). The standard InChI is InChI=1S/C27H35N5O2S/c1-18(2)24-25(21-17-31(3)27-20(21)8-5-13-28-27)29-22-9-10-23(30-26(22)24)32-14-11-19(12-15-32)7-6-16-35(4,33)34/h5,8-10,13,17-19,29H,6-7,11-12,14-16H2,1-4H3. The Hall–Kier alpha value is -2.87. The average Bonchev–Trinajstić information content (AvgIpc) is 3.36. The second-order valence-electron chi connectivity index (χ2n) is 10.4. The van der Waals surface area contributed by atoms with E-state index in [-0.39, 0.29) is 0 Å². The van der Waals surface area contributed by atoms with E-state index >= 15 is 0 Å². The zero-order valence-corrected chi connectivity index (χ0v) is 21.9. The zero-order valence-electron chi connectivity index (χ0n) is 21.1. The van der Waals surface area contributed by atoms with Crippen LogP contribution in [-0.4, -0.2) is 53.0 Å². The summed E-state index contributed by atoms with van der Waals surface area (Å²) in [5, 5.41) is 1.14. The molecule has 1 N–H and O–H groups in total. The number of pyridine rings is 2. The van der Waals surface area contributed by atoms with Crippen molar-refractivity contribution >= 4 is 37.7 Å². The van der Waals surface area contributed by atoms with Crippen molar-refractivity contribution in [1.82, 2.24) is 19.5 Å². The van der Waals surface area contributed by atoms with Crippen LogP contribution in [0.2, 0.25) is 0 Å². The van der Waals surface area contributed by atoms with Crippen LogP contribution in [0.3, 0.4) is 0 Å². The summed E-state index contributed by atoms with van der Waals surface area (Å²) in [6, 6.07) is 8.41. The van der Waals surface area contributed by atoms with Crippen molar-refractivity contribution in [3.63, 3.8) is 0 Å². The lowest BCUT2D eigenvalue weighted by Gasteiger charge is -2.33. The highest BCUT2D eigenvalue weighted by atomic mass is 32.2. The van der Waals surface area contributed by atoms with E-state index in [9.17, 15) is 8.42 Å². The molecule has 5 heterocycles. The Morgan fingerprint density at radius 1 is 1.17 bits per heavy atom. The number of nitrogens with one attached hydrogen (secondary N) is 1. The van der Waals surface area contributed by atoms with Gasteiger partial charge in [0.25, 0.3) is 0 Å². The van der Waals surface area contributed by atoms with Crippen LogP contribution in [0.15, 0.2) is 36.7 Å². The first-order valence-electron chi connectivity index (χ1n) is 12.6. The molecule has 1 saturated heterocycles. The fraction of sp³-hybridized carbons (Fsp3) is 0.481. The molecular weight excluding hydrogens is 458 g/mol. The summed E-state index contributed by atoms with van der Waals surface area (Å²) in [6.45, 7) is 6.38. The zero-order chi connectivity index (χ0) is 24.7. The molecule has 1 aliphatic heterocycles. The van der Waals surface area contributed by atoms with E-state index in [4.69, 9.17) is 4.98 Å². The molecule has 7 nitrogen and oxygen atoms in total. The van der Waals surface area contributed by atoms with Gasteiger partial charge in [-0.15, -0.1) is 0 Å². The molecule has 186 valence electrons. The Morgan fingerprint density at radius 2 is 1.94 bits per heavy atom. The number of rotatable bonds is 7. The number of anilines is 1. The van der Waals surface area contributed by atoms with E-state index in [1.54, 1.807) is 0 Å². The Kier molecular flexibility index (Phi) is 6.34. The minimum Gasteiger partial charge on any atom is -0.357 e. The number of aryl methyl sites for hydroxylation is 1. The third-order valence-corrected chi connectivity index (χ3v) is 8.34. The monoisotopic (exact) mass is 493 g/mol. The number of hydrogen-bond acceptors (Lipinski definition) is 5. The number of nitrogens with zero attached hydrogens (tertiary/aromatic N) is 4. The van der Waals surface area contributed by atoms with Gasteiger partial charge >= 0.3 is 0 Å². The van der Waals surface area contributed by atoms with Gasteiger partial charge in [-0.05, 0) is 61.8 Å². The Bertz CT molecular complexity index is 1460. The van der Waals surface area contributed by atoms with E-state index in [2.05, 4.69) is 57.7 Å². The third kappa shape index (κ3) is 4.81. The molecule has 0 amide bonds. The van der Waals surface area contributed by atoms with Gasteiger partial charge in [0.1, 0.15) is 21.3 Å². The molecule has 1 fully saturated rings. The second-order valence-corrected chi connectivity index (χ2v) is 12.6. The van der Waals surface area contributed by atoms with Crippen LogP contribution in [0, 0.1) is 5.92 Å².